The van der Waals surface area contributed by atoms with Gasteiger partial charge in [0.1, 0.15) is 16.9 Å². The maximum atomic E-state index is 13.2. The number of rotatable bonds is 2. The van der Waals surface area contributed by atoms with E-state index in [9.17, 15) is 4.79 Å². The number of amides is 1. The molecule has 4 aromatic rings. The molecule has 1 saturated heterocycles. The van der Waals surface area contributed by atoms with Gasteiger partial charge in [-0.15, -0.1) is 0 Å². The Bertz CT molecular complexity index is 1220. The molecule has 1 aromatic carbocycles. The second-order valence-electron chi connectivity index (χ2n) is 7.49. The number of fused-ring (bicyclic) bond motifs is 2. The van der Waals surface area contributed by atoms with E-state index in [0.29, 0.717) is 29.9 Å². The lowest BCUT2D eigenvalue weighted by Gasteiger charge is -2.35. The molecule has 5 rings (SSSR count). The van der Waals surface area contributed by atoms with Crippen molar-refractivity contribution in [2.45, 2.75) is 26.1 Å². The highest BCUT2D eigenvalue weighted by Crippen LogP contribution is 2.26. The van der Waals surface area contributed by atoms with E-state index in [4.69, 9.17) is 14.9 Å². The lowest BCUT2D eigenvalue weighted by atomic mass is 10.1. The Balaban J connectivity index is 1.53. The van der Waals surface area contributed by atoms with Crippen molar-refractivity contribution < 1.29 is 13.9 Å². The van der Waals surface area contributed by atoms with Gasteiger partial charge < -0.3 is 19.8 Å². The number of nitrogens with two attached hydrogens (primary N) is 1. The Hall–Kier alpha value is -3.39. The number of pyridine rings is 1. The van der Waals surface area contributed by atoms with Gasteiger partial charge in [-0.1, -0.05) is 6.07 Å². The molecule has 8 nitrogen and oxygen atoms in total. The first kappa shape index (κ1) is 17.7. The SMILES string of the molecule is CC1CN(C(=O)c2cnc3ccc(-c4ccc5oc(N)nc5c4)cn23)CC(C)O1. The molecule has 0 aliphatic carbocycles. The molecule has 2 atom stereocenters. The third-order valence-electron chi connectivity index (χ3n) is 5.17. The molecule has 29 heavy (non-hydrogen) atoms. The second-order valence-corrected chi connectivity index (χ2v) is 7.49. The van der Waals surface area contributed by atoms with Crippen LogP contribution in [0.3, 0.4) is 0 Å². The van der Waals surface area contributed by atoms with E-state index >= 15 is 0 Å². The highest BCUT2D eigenvalue weighted by molar-refractivity contribution is 5.93. The lowest BCUT2D eigenvalue weighted by molar-refractivity contribution is -0.0587. The average Bonchev–Trinajstić information content (AvgIpc) is 3.27. The van der Waals surface area contributed by atoms with E-state index in [1.54, 1.807) is 6.20 Å². The summed E-state index contributed by atoms with van der Waals surface area (Å²) >= 11 is 0. The van der Waals surface area contributed by atoms with Crippen molar-refractivity contribution in [3.8, 4) is 11.1 Å². The zero-order valence-electron chi connectivity index (χ0n) is 16.2. The fraction of sp³-hybridized carbons (Fsp3) is 0.286. The Labute approximate surface area is 166 Å². The number of imidazole rings is 1. The predicted octanol–water partition coefficient (Wildman–Crippen LogP) is 2.97. The second kappa shape index (κ2) is 6.59. The van der Waals surface area contributed by atoms with E-state index in [1.807, 2.05) is 59.7 Å². The fourth-order valence-electron chi connectivity index (χ4n) is 3.94. The molecule has 1 fully saturated rings. The summed E-state index contributed by atoms with van der Waals surface area (Å²) in [5, 5.41) is 0. The van der Waals surface area contributed by atoms with E-state index in [1.165, 1.54) is 0 Å². The number of carbonyl (C=O) groups excluding carboxylic acids is 1. The standard InChI is InChI=1S/C21H21N5O3/c1-12-9-25(10-13(2)28-12)20(27)17-8-23-19-6-4-15(11-26(17)19)14-3-5-18-16(7-14)24-21(22)29-18/h3-8,11-13H,9-10H2,1-2H3,(H2,22,24). The first-order chi connectivity index (χ1) is 14.0. The van der Waals surface area contributed by atoms with Gasteiger partial charge in [0.05, 0.1) is 18.4 Å². The quantitative estimate of drug-likeness (QED) is 0.564. The van der Waals surface area contributed by atoms with Crippen molar-refractivity contribution in [3.63, 3.8) is 0 Å². The van der Waals surface area contributed by atoms with Crippen LogP contribution in [0.1, 0.15) is 24.3 Å². The van der Waals surface area contributed by atoms with Crippen LogP contribution >= 0.6 is 0 Å². The zero-order chi connectivity index (χ0) is 20.1. The first-order valence-electron chi connectivity index (χ1n) is 9.56. The number of aromatic nitrogens is 3. The lowest BCUT2D eigenvalue weighted by Crippen LogP contribution is -2.48. The zero-order valence-corrected chi connectivity index (χ0v) is 16.2. The van der Waals surface area contributed by atoms with Gasteiger partial charge in [0.25, 0.3) is 11.9 Å². The minimum absolute atomic E-state index is 0.0130. The van der Waals surface area contributed by atoms with Gasteiger partial charge in [0.15, 0.2) is 5.58 Å². The minimum atomic E-state index is -0.0450. The number of oxazole rings is 1. The molecular weight excluding hydrogens is 370 g/mol. The van der Waals surface area contributed by atoms with Crippen LogP contribution in [0.25, 0.3) is 27.9 Å². The molecule has 148 valence electrons. The van der Waals surface area contributed by atoms with Crippen molar-refractivity contribution >= 4 is 28.7 Å². The summed E-state index contributed by atoms with van der Waals surface area (Å²) in [6.45, 7) is 5.10. The maximum Gasteiger partial charge on any atom is 0.292 e. The van der Waals surface area contributed by atoms with Crippen molar-refractivity contribution in [1.82, 2.24) is 19.3 Å². The number of hydrogen-bond donors (Lipinski definition) is 1. The summed E-state index contributed by atoms with van der Waals surface area (Å²) in [6.07, 6.45) is 3.58. The average molecular weight is 391 g/mol. The Kier molecular flexibility index (Phi) is 4.02. The van der Waals surface area contributed by atoms with E-state index in [2.05, 4.69) is 9.97 Å². The molecule has 0 saturated carbocycles. The van der Waals surface area contributed by atoms with Gasteiger partial charge in [-0.05, 0) is 49.2 Å². The third-order valence-corrected chi connectivity index (χ3v) is 5.17. The van der Waals surface area contributed by atoms with Crippen molar-refractivity contribution in [1.29, 1.82) is 0 Å². The fourth-order valence-corrected chi connectivity index (χ4v) is 3.94. The molecule has 3 aromatic heterocycles. The molecular formula is C21H21N5O3. The summed E-state index contributed by atoms with van der Waals surface area (Å²) in [5.74, 6) is -0.0450. The van der Waals surface area contributed by atoms with Crippen molar-refractivity contribution in [2.75, 3.05) is 18.8 Å². The molecule has 0 bridgehead atoms. The van der Waals surface area contributed by atoms with Gasteiger partial charge in [-0.3, -0.25) is 9.20 Å². The largest absolute Gasteiger partial charge is 0.424 e. The molecule has 4 heterocycles. The van der Waals surface area contributed by atoms with Crippen molar-refractivity contribution in [2.24, 2.45) is 0 Å². The summed E-state index contributed by atoms with van der Waals surface area (Å²) in [5.41, 5.74) is 10.1. The van der Waals surface area contributed by atoms with Crippen LogP contribution in [0.4, 0.5) is 6.01 Å². The smallest absolute Gasteiger partial charge is 0.292 e. The van der Waals surface area contributed by atoms with E-state index < -0.39 is 0 Å². The topological polar surface area (TPSA) is 98.9 Å². The Morgan fingerprint density at radius 3 is 2.69 bits per heavy atom. The highest BCUT2D eigenvalue weighted by Gasteiger charge is 2.28. The number of morpholine rings is 1. The monoisotopic (exact) mass is 391 g/mol. The Morgan fingerprint density at radius 2 is 1.90 bits per heavy atom. The number of nitrogens with zero attached hydrogens (tertiary/aromatic N) is 4. The highest BCUT2D eigenvalue weighted by atomic mass is 16.5. The third kappa shape index (κ3) is 3.11. The van der Waals surface area contributed by atoms with Crippen LogP contribution in [0.2, 0.25) is 0 Å². The predicted molar refractivity (Wildman–Crippen MR) is 109 cm³/mol. The number of ether oxygens (including phenoxy) is 1. The van der Waals surface area contributed by atoms with E-state index in [-0.39, 0.29) is 24.1 Å². The molecule has 1 aliphatic rings. The molecule has 1 amide bonds. The van der Waals surface area contributed by atoms with Gasteiger partial charge in [-0.25, -0.2) is 4.98 Å². The van der Waals surface area contributed by atoms with E-state index in [0.717, 1.165) is 16.8 Å². The molecule has 0 radical (unpaired) electrons. The first-order valence-corrected chi connectivity index (χ1v) is 9.56. The number of benzene rings is 1. The van der Waals surface area contributed by atoms with Gasteiger partial charge in [0, 0.05) is 19.3 Å². The minimum Gasteiger partial charge on any atom is -0.424 e. The van der Waals surface area contributed by atoms with Gasteiger partial charge in [-0.2, -0.15) is 4.98 Å². The summed E-state index contributed by atoms with van der Waals surface area (Å²) in [7, 11) is 0. The van der Waals surface area contributed by atoms with Gasteiger partial charge in [0.2, 0.25) is 0 Å². The van der Waals surface area contributed by atoms with Crippen LogP contribution in [0, 0.1) is 0 Å². The van der Waals surface area contributed by atoms with Crippen LogP contribution < -0.4 is 5.73 Å². The normalized spacial score (nSPS) is 19.9. The number of anilines is 1. The molecule has 8 heteroatoms. The maximum absolute atomic E-state index is 13.2. The Morgan fingerprint density at radius 1 is 1.14 bits per heavy atom. The molecule has 1 aliphatic heterocycles. The summed E-state index contributed by atoms with van der Waals surface area (Å²) in [4.78, 5) is 23.6. The van der Waals surface area contributed by atoms with Crippen LogP contribution in [0.15, 0.2) is 47.1 Å². The molecule has 2 N–H and O–H groups in total. The summed E-state index contributed by atoms with van der Waals surface area (Å²) in [6, 6.07) is 9.72. The molecule has 0 spiro atoms. The number of carbonyl (C=O) groups is 1. The van der Waals surface area contributed by atoms with Crippen molar-refractivity contribution in [3.05, 3.63) is 48.4 Å². The number of hydrogen-bond acceptors (Lipinski definition) is 6. The van der Waals surface area contributed by atoms with Crippen LogP contribution in [-0.4, -0.2) is 50.5 Å². The van der Waals surface area contributed by atoms with Gasteiger partial charge >= 0.3 is 0 Å². The van der Waals surface area contributed by atoms with Crippen LogP contribution in [-0.2, 0) is 4.74 Å². The molecule has 2 unspecified atom stereocenters. The number of nitrogen functional groups attached to an aromatic ring is 1. The summed E-state index contributed by atoms with van der Waals surface area (Å²) < 4.78 is 12.9. The van der Waals surface area contributed by atoms with Crippen LogP contribution in [0.5, 0.6) is 0 Å².